The standard InChI is InChI=1S/C25H27FN2O2/c1-29-24-12-11-21(17-25(24)30-19-20-7-3-2-4-8-20)18-27-13-15-28(16-14-27)23-10-6-5-9-22(23)26/h2-12,17H,13-16,18-19H2,1H3/p+1. The normalized spacial score (nSPS) is 14.5. The van der Waals surface area contributed by atoms with Crippen molar-refractivity contribution in [2.75, 3.05) is 38.2 Å². The molecule has 0 bridgehead atoms. The molecule has 1 aliphatic rings. The van der Waals surface area contributed by atoms with Crippen LogP contribution in [0.5, 0.6) is 11.5 Å². The number of para-hydroxylation sites is 1. The average molecular weight is 408 g/mol. The highest BCUT2D eigenvalue weighted by molar-refractivity contribution is 5.47. The molecule has 0 aliphatic carbocycles. The molecule has 3 aromatic rings. The lowest BCUT2D eigenvalue weighted by molar-refractivity contribution is -0.914. The second-order valence-electron chi connectivity index (χ2n) is 7.62. The molecule has 1 fully saturated rings. The van der Waals surface area contributed by atoms with E-state index in [9.17, 15) is 4.39 Å². The summed E-state index contributed by atoms with van der Waals surface area (Å²) in [5.74, 6) is 1.37. The van der Waals surface area contributed by atoms with Gasteiger partial charge in [-0.1, -0.05) is 42.5 Å². The molecule has 0 saturated carbocycles. The van der Waals surface area contributed by atoms with Crippen LogP contribution in [0.3, 0.4) is 0 Å². The summed E-state index contributed by atoms with van der Waals surface area (Å²) in [5.41, 5.74) is 3.05. The van der Waals surface area contributed by atoms with Gasteiger partial charge in [-0.05, 0) is 35.9 Å². The molecule has 0 atom stereocenters. The zero-order valence-electron chi connectivity index (χ0n) is 17.3. The van der Waals surface area contributed by atoms with E-state index in [0.29, 0.717) is 12.3 Å². The van der Waals surface area contributed by atoms with Crippen molar-refractivity contribution in [1.29, 1.82) is 0 Å². The molecule has 0 spiro atoms. The van der Waals surface area contributed by atoms with Crippen molar-refractivity contribution in [3.8, 4) is 11.5 Å². The molecule has 3 aromatic carbocycles. The molecule has 4 nitrogen and oxygen atoms in total. The number of hydrogen-bond acceptors (Lipinski definition) is 3. The summed E-state index contributed by atoms with van der Waals surface area (Å²) in [5, 5.41) is 0. The lowest BCUT2D eigenvalue weighted by atomic mass is 10.1. The fraction of sp³-hybridized carbons (Fsp3) is 0.280. The Hall–Kier alpha value is -3.05. The summed E-state index contributed by atoms with van der Waals surface area (Å²) < 4.78 is 25.6. The second kappa shape index (κ2) is 9.63. The van der Waals surface area contributed by atoms with E-state index in [-0.39, 0.29) is 5.82 Å². The predicted molar refractivity (Wildman–Crippen MR) is 117 cm³/mol. The van der Waals surface area contributed by atoms with Gasteiger partial charge in [0, 0.05) is 5.56 Å². The van der Waals surface area contributed by atoms with Crippen molar-refractivity contribution in [2.24, 2.45) is 0 Å². The quantitative estimate of drug-likeness (QED) is 0.651. The molecule has 1 N–H and O–H groups in total. The van der Waals surface area contributed by atoms with Gasteiger partial charge in [0.05, 0.1) is 39.0 Å². The number of hydrogen-bond donors (Lipinski definition) is 1. The molecule has 1 heterocycles. The first kappa shape index (κ1) is 20.2. The van der Waals surface area contributed by atoms with E-state index in [2.05, 4.69) is 29.2 Å². The largest absolute Gasteiger partial charge is 0.493 e. The van der Waals surface area contributed by atoms with Crippen molar-refractivity contribution < 1.29 is 18.8 Å². The third-order valence-electron chi connectivity index (χ3n) is 5.58. The molecular formula is C25H28FN2O2+. The highest BCUT2D eigenvalue weighted by atomic mass is 19.1. The number of methoxy groups -OCH3 is 1. The summed E-state index contributed by atoms with van der Waals surface area (Å²) >= 11 is 0. The number of anilines is 1. The molecule has 0 aromatic heterocycles. The van der Waals surface area contributed by atoms with Crippen molar-refractivity contribution in [1.82, 2.24) is 0 Å². The van der Waals surface area contributed by atoms with Crippen LogP contribution in [0, 0.1) is 5.82 Å². The van der Waals surface area contributed by atoms with Crippen LogP contribution in [0.1, 0.15) is 11.1 Å². The maximum absolute atomic E-state index is 14.1. The van der Waals surface area contributed by atoms with Crippen LogP contribution in [-0.2, 0) is 13.2 Å². The maximum Gasteiger partial charge on any atom is 0.162 e. The molecule has 1 aliphatic heterocycles. The van der Waals surface area contributed by atoms with Gasteiger partial charge in [-0.25, -0.2) is 4.39 Å². The number of piperazine rings is 1. The Labute approximate surface area is 177 Å². The van der Waals surface area contributed by atoms with E-state index in [1.54, 1.807) is 13.2 Å². The van der Waals surface area contributed by atoms with Gasteiger partial charge in [0.15, 0.2) is 11.5 Å². The topological polar surface area (TPSA) is 26.1 Å². The van der Waals surface area contributed by atoms with Gasteiger partial charge in [0.1, 0.15) is 19.0 Å². The Balaban J connectivity index is 1.37. The highest BCUT2D eigenvalue weighted by Crippen LogP contribution is 2.28. The summed E-state index contributed by atoms with van der Waals surface area (Å²) in [6.45, 7) is 5.07. The fourth-order valence-corrected chi connectivity index (χ4v) is 3.92. The van der Waals surface area contributed by atoms with Gasteiger partial charge < -0.3 is 19.3 Å². The molecule has 30 heavy (non-hydrogen) atoms. The van der Waals surface area contributed by atoms with E-state index >= 15 is 0 Å². The molecule has 0 amide bonds. The van der Waals surface area contributed by atoms with Gasteiger partial charge in [-0.3, -0.25) is 0 Å². The van der Waals surface area contributed by atoms with Crippen molar-refractivity contribution >= 4 is 5.69 Å². The number of rotatable bonds is 7. The van der Waals surface area contributed by atoms with Crippen molar-refractivity contribution in [3.05, 3.63) is 89.7 Å². The molecular weight excluding hydrogens is 379 g/mol. The van der Waals surface area contributed by atoms with Gasteiger partial charge in [-0.2, -0.15) is 0 Å². The van der Waals surface area contributed by atoms with Gasteiger partial charge in [0.25, 0.3) is 0 Å². The van der Waals surface area contributed by atoms with E-state index in [0.717, 1.165) is 49.8 Å². The molecule has 0 radical (unpaired) electrons. The number of ether oxygens (including phenoxy) is 2. The highest BCUT2D eigenvalue weighted by Gasteiger charge is 2.22. The van der Waals surface area contributed by atoms with Gasteiger partial charge in [-0.15, -0.1) is 0 Å². The smallest absolute Gasteiger partial charge is 0.162 e. The average Bonchev–Trinajstić information content (AvgIpc) is 2.79. The Bertz CT molecular complexity index is 956. The third kappa shape index (κ3) is 4.92. The third-order valence-corrected chi connectivity index (χ3v) is 5.58. The summed E-state index contributed by atoms with van der Waals surface area (Å²) in [6.07, 6.45) is 0. The van der Waals surface area contributed by atoms with Crippen molar-refractivity contribution in [2.45, 2.75) is 13.2 Å². The number of halogens is 1. The number of quaternary nitrogens is 1. The zero-order chi connectivity index (χ0) is 20.8. The molecule has 5 heteroatoms. The Morgan fingerprint density at radius 3 is 2.33 bits per heavy atom. The van der Waals surface area contributed by atoms with Crippen LogP contribution < -0.4 is 19.3 Å². The minimum atomic E-state index is -0.142. The van der Waals surface area contributed by atoms with E-state index < -0.39 is 0 Å². The number of nitrogens with zero attached hydrogens (tertiary/aromatic N) is 1. The van der Waals surface area contributed by atoms with Crippen LogP contribution in [0.15, 0.2) is 72.8 Å². The first-order valence-corrected chi connectivity index (χ1v) is 10.4. The van der Waals surface area contributed by atoms with E-state index in [4.69, 9.17) is 9.47 Å². The van der Waals surface area contributed by atoms with E-state index in [1.165, 1.54) is 16.5 Å². The minimum absolute atomic E-state index is 0.142. The minimum Gasteiger partial charge on any atom is -0.493 e. The SMILES string of the molecule is COc1ccc(C[NH+]2CCN(c3ccccc3F)CC2)cc1OCc1ccccc1. The zero-order valence-corrected chi connectivity index (χ0v) is 17.3. The van der Waals surface area contributed by atoms with Gasteiger partial charge >= 0.3 is 0 Å². The van der Waals surface area contributed by atoms with Gasteiger partial charge in [0.2, 0.25) is 0 Å². The fourth-order valence-electron chi connectivity index (χ4n) is 3.92. The summed E-state index contributed by atoms with van der Waals surface area (Å²) in [6, 6.07) is 23.3. The lowest BCUT2D eigenvalue weighted by Crippen LogP contribution is -3.13. The predicted octanol–water partition coefficient (Wildman–Crippen LogP) is 3.32. The summed E-state index contributed by atoms with van der Waals surface area (Å²) in [7, 11) is 1.66. The van der Waals surface area contributed by atoms with Crippen LogP contribution in [0.25, 0.3) is 0 Å². The summed E-state index contributed by atoms with van der Waals surface area (Å²) in [4.78, 5) is 3.63. The second-order valence-corrected chi connectivity index (χ2v) is 7.62. The molecule has 156 valence electrons. The maximum atomic E-state index is 14.1. The first-order valence-electron chi connectivity index (χ1n) is 10.4. The van der Waals surface area contributed by atoms with Crippen LogP contribution in [-0.4, -0.2) is 33.3 Å². The van der Waals surface area contributed by atoms with Crippen LogP contribution in [0.4, 0.5) is 10.1 Å². The Kier molecular flexibility index (Phi) is 6.50. The molecule has 0 unspecified atom stereocenters. The molecule has 1 saturated heterocycles. The monoisotopic (exact) mass is 407 g/mol. The van der Waals surface area contributed by atoms with E-state index in [1.807, 2.05) is 36.4 Å². The Morgan fingerprint density at radius 2 is 1.60 bits per heavy atom. The van der Waals surface area contributed by atoms with Crippen LogP contribution >= 0.6 is 0 Å². The number of benzene rings is 3. The van der Waals surface area contributed by atoms with Crippen LogP contribution in [0.2, 0.25) is 0 Å². The molecule has 4 rings (SSSR count). The first-order chi connectivity index (χ1) is 14.7. The number of nitrogens with one attached hydrogen (secondary N) is 1. The lowest BCUT2D eigenvalue weighted by Gasteiger charge is -2.33. The Morgan fingerprint density at radius 1 is 0.867 bits per heavy atom. The van der Waals surface area contributed by atoms with Crippen molar-refractivity contribution in [3.63, 3.8) is 0 Å².